The van der Waals surface area contributed by atoms with E-state index in [0.29, 0.717) is 11.4 Å². The number of hydrogen-bond acceptors (Lipinski definition) is 6. The topological polar surface area (TPSA) is 103 Å². The molecule has 0 aliphatic heterocycles. The van der Waals surface area contributed by atoms with Crippen molar-refractivity contribution < 1.29 is 22.4 Å². The Bertz CT molecular complexity index is 1260. The summed E-state index contributed by atoms with van der Waals surface area (Å²) in [5.41, 5.74) is 2.09. The first-order chi connectivity index (χ1) is 13.9. The second-order valence-corrected chi connectivity index (χ2v) is 8.31. The minimum Gasteiger partial charge on any atom is -0.487 e. The zero-order valence-electron chi connectivity index (χ0n) is 15.4. The molecule has 1 amide bonds. The van der Waals surface area contributed by atoms with E-state index in [9.17, 15) is 13.2 Å². The molecule has 0 fully saturated rings. The fraction of sp³-hybridized carbons (Fsp3) is 0.100. The van der Waals surface area contributed by atoms with E-state index in [1.54, 1.807) is 24.3 Å². The molecule has 148 valence electrons. The van der Waals surface area contributed by atoms with Gasteiger partial charge in [0.05, 0.1) is 5.69 Å². The van der Waals surface area contributed by atoms with Crippen molar-refractivity contribution in [3.05, 3.63) is 78.4 Å². The van der Waals surface area contributed by atoms with E-state index < -0.39 is 15.7 Å². The van der Waals surface area contributed by atoms with Crippen LogP contribution in [0.4, 0.5) is 5.69 Å². The lowest BCUT2D eigenvalue weighted by atomic mass is 10.3. The van der Waals surface area contributed by atoms with E-state index in [0.717, 1.165) is 17.6 Å². The normalized spacial score (nSPS) is 11.5. The molecular weight excluding hydrogens is 394 g/mol. The minimum absolute atomic E-state index is 0.0959. The fourth-order valence-electron chi connectivity index (χ4n) is 2.71. The lowest BCUT2D eigenvalue weighted by Crippen LogP contribution is -2.11. The molecule has 0 spiro atoms. The number of ether oxygens (including phenoxy) is 1. The number of carbonyl (C=O) groups excluding carboxylic acids is 1. The molecule has 3 heterocycles. The molecule has 1 N–H and O–H groups in total. The van der Waals surface area contributed by atoms with E-state index in [1.165, 1.54) is 12.1 Å². The fourth-order valence-corrected chi connectivity index (χ4v) is 3.27. The highest BCUT2D eigenvalue weighted by molar-refractivity contribution is 7.90. The molecule has 0 aliphatic carbocycles. The van der Waals surface area contributed by atoms with Gasteiger partial charge in [-0.1, -0.05) is 12.1 Å². The zero-order chi connectivity index (χ0) is 20.4. The van der Waals surface area contributed by atoms with Crippen LogP contribution < -0.4 is 10.1 Å². The van der Waals surface area contributed by atoms with Crippen LogP contribution >= 0.6 is 0 Å². The molecule has 0 saturated carbocycles. The maximum atomic E-state index is 12.3. The summed E-state index contributed by atoms with van der Waals surface area (Å²) in [5, 5.41) is 2.40. The maximum absolute atomic E-state index is 12.3. The quantitative estimate of drug-likeness (QED) is 0.523. The van der Waals surface area contributed by atoms with E-state index in [2.05, 4.69) is 10.3 Å². The molecule has 0 bridgehead atoms. The average Bonchev–Trinajstić information content (AvgIpc) is 3.33. The maximum Gasteiger partial charge on any atom is 0.291 e. The number of aromatic nitrogens is 2. The summed E-state index contributed by atoms with van der Waals surface area (Å²) in [6.07, 6.45) is 4.81. The Labute approximate surface area is 166 Å². The smallest absolute Gasteiger partial charge is 0.291 e. The molecule has 0 aliphatic rings. The van der Waals surface area contributed by atoms with Crippen LogP contribution in [-0.2, 0) is 16.4 Å². The van der Waals surface area contributed by atoms with Crippen LogP contribution in [0.1, 0.15) is 16.2 Å². The Hall–Kier alpha value is -3.59. The van der Waals surface area contributed by atoms with Crippen molar-refractivity contribution in [2.45, 2.75) is 11.7 Å². The monoisotopic (exact) mass is 411 g/mol. The van der Waals surface area contributed by atoms with Gasteiger partial charge in [-0.25, -0.2) is 13.4 Å². The van der Waals surface area contributed by atoms with E-state index >= 15 is 0 Å². The third-order valence-corrected chi connectivity index (χ3v) is 5.01. The SMILES string of the molecule is CS(=O)(=O)c1ccc(C(=O)Nc2cccc(OCc3cn4ccccc4n3)c2)o1. The summed E-state index contributed by atoms with van der Waals surface area (Å²) >= 11 is 0. The number of fused-ring (bicyclic) bond motifs is 1. The predicted molar refractivity (Wildman–Crippen MR) is 106 cm³/mol. The second-order valence-electron chi connectivity index (χ2n) is 6.36. The number of pyridine rings is 1. The standard InChI is InChI=1S/C20H17N3O5S/c1-29(25,26)19-9-8-17(28-19)20(24)22-14-5-4-6-16(11-14)27-13-15-12-23-10-3-2-7-18(23)21-15/h2-12H,13H2,1H3,(H,22,24). The number of imidazole rings is 1. The highest BCUT2D eigenvalue weighted by Gasteiger charge is 2.17. The summed E-state index contributed by atoms with van der Waals surface area (Å²) in [6, 6.07) is 15.2. The van der Waals surface area contributed by atoms with E-state index in [4.69, 9.17) is 9.15 Å². The first kappa shape index (κ1) is 18.8. The largest absolute Gasteiger partial charge is 0.487 e. The van der Waals surface area contributed by atoms with Crippen LogP contribution in [0.5, 0.6) is 5.75 Å². The third kappa shape index (κ3) is 4.30. The number of amides is 1. The molecular formula is C20H17N3O5S. The molecule has 1 aromatic carbocycles. The van der Waals surface area contributed by atoms with Crippen LogP contribution in [0.25, 0.3) is 5.65 Å². The molecule has 4 aromatic rings. The van der Waals surface area contributed by atoms with Gasteiger partial charge in [0.25, 0.3) is 5.91 Å². The van der Waals surface area contributed by atoms with Gasteiger partial charge >= 0.3 is 0 Å². The highest BCUT2D eigenvalue weighted by atomic mass is 32.2. The van der Waals surface area contributed by atoms with Gasteiger partial charge in [-0.05, 0) is 36.4 Å². The summed E-state index contributed by atoms with van der Waals surface area (Å²) in [6.45, 7) is 0.273. The van der Waals surface area contributed by atoms with Crippen molar-refractivity contribution in [1.82, 2.24) is 9.38 Å². The number of anilines is 1. The van der Waals surface area contributed by atoms with Gasteiger partial charge in [0, 0.05) is 30.4 Å². The minimum atomic E-state index is -3.51. The van der Waals surface area contributed by atoms with Crippen molar-refractivity contribution in [1.29, 1.82) is 0 Å². The van der Waals surface area contributed by atoms with Crippen LogP contribution in [0.15, 0.2) is 76.5 Å². The highest BCUT2D eigenvalue weighted by Crippen LogP contribution is 2.20. The van der Waals surface area contributed by atoms with Gasteiger partial charge in [0.2, 0.25) is 14.9 Å². The van der Waals surface area contributed by atoms with Crippen molar-refractivity contribution in [2.75, 3.05) is 11.6 Å². The number of hydrogen-bond donors (Lipinski definition) is 1. The van der Waals surface area contributed by atoms with Crippen LogP contribution in [0.3, 0.4) is 0 Å². The molecule has 0 radical (unpaired) electrons. The Morgan fingerprint density at radius 1 is 1.17 bits per heavy atom. The summed E-state index contributed by atoms with van der Waals surface area (Å²) in [7, 11) is -3.51. The molecule has 4 rings (SSSR count). The van der Waals surface area contributed by atoms with Gasteiger partial charge in [0.1, 0.15) is 18.0 Å². The molecule has 9 heteroatoms. The number of furan rings is 1. The van der Waals surface area contributed by atoms with Gasteiger partial charge < -0.3 is 18.9 Å². The van der Waals surface area contributed by atoms with Gasteiger partial charge in [-0.2, -0.15) is 0 Å². The summed E-state index contributed by atoms with van der Waals surface area (Å²) < 4.78 is 35.7. The Kier molecular flexibility index (Phi) is 4.81. The molecule has 0 saturated heterocycles. The van der Waals surface area contributed by atoms with Gasteiger partial charge in [-0.15, -0.1) is 0 Å². The predicted octanol–water partition coefficient (Wildman–Crippen LogP) is 3.16. The van der Waals surface area contributed by atoms with E-state index in [-0.39, 0.29) is 17.5 Å². The average molecular weight is 411 g/mol. The van der Waals surface area contributed by atoms with Crippen LogP contribution in [-0.4, -0.2) is 30.0 Å². The number of benzene rings is 1. The second kappa shape index (κ2) is 7.44. The first-order valence-corrected chi connectivity index (χ1v) is 10.5. The van der Waals surface area contributed by atoms with Crippen molar-refractivity contribution in [3.63, 3.8) is 0 Å². The number of carbonyl (C=O) groups is 1. The third-order valence-electron chi connectivity index (χ3n) is 4.06. The Morgan fingerprint density at radius 3 is 2.79 bits per heavy atom. The molecule has 0 atom stereocenters. The molecule has 0 unspecified atom stereocenters. The summed E-state index contributed by atoms with van der Waals surface area (Å²) in [4.78, 5) is 16.8. The van der Waals surface area contributed by atoms with Gasteiger partial charge in [0.15, 0.2) is 5.76 Å². The zero-order valence-corrected chi connectivity index (χ0v) is 16.2. The van der Waals surface area contributed by atoms with Crippen molar-refractivity contribution >= 4 is 27.1 Å². The Morgan fingerprint density at radius 2 is 2.03 bits per heavy atom. The molecule has 8 nitrogen and oxygen atoms in total. The lowest BCUT2D eigenvalue weighted by molar-refractivity contribution is 0.0991. The van der Waals surface area contributed by atoms with Crippen molar-refractivity contribution in [3.8, 4) is 5.75 Å². The number of rotatable bonds is 6. The lowest BCUT2D eigenvalue weighted by Gasteiger charge is -2.07. The van der Waals surface area contributed by atoms with E-state index in [1.807, 2.05) is 35.0 Å². The van der Waals surface area contributed by atoms with Crippen LogP contribution in [0.2, 0.25) is 0 Å². The van der Waals surface area contributed by atoms with Crippen LogP contribution in [0, 0.1) is 0 Å². The van der Waals surface area contributed by atoms with Gasteiger partial charge in [-0.3, -0.25) is 4.79 Å². The number of nitrogens with one attached hydrogen (secondary N) is 1. The summed E-state index contributed by atoms with van der Waals surface area (Å²) in [5.74, 6) is -0.102. The molecule has 3 aromatic heterocycles. The van der Waals surface area contributed by atoms with Crippen molar-refractivity contribution in [2.24, 2.45) is 0 Å². The first-order valence-electron chi connectivity index (χ1n) is 8.65. The Balaban J connectivity index is 1.43. The molecule has 29 heavy (non-hydrogen) atoms. The number of sulfone groups is 1. The number of nitrogens with zero attached hydrogens (tertiary/aromatic N) is 2.